The van der Waals surface area contributed by atoms with Crippen molar-refractivity contribution >= 4 is 42.2 Å². The maximum absolute atomic E-state index is 4.97. The number of rotatable bonds is 6. The summed E-state index contributed by atoms with van der Waals surface area (Å²) >= 11 is -0.352. The van der Waals surface area contributed by atoms with Crippen molar-refractivity contribution < 1.29 is 0 Å². The second-order valence-corrected chi connectivity index (χ2v) is 13.1. The summed E-state index contributed by atoms with van der Waals surface area (Å²) in [5, 5.41) is 10.1. The van der Waals surface area contributed by atoms with Crippen molar-refractivity contribution in [2.24, 2.45) is 5.92 Å². The molecule has 6 nitrogen and oxygen atoms in total. The van der Waals surface area contributed by atoms with Crippen LogP contribution in [0.1, 0.15) is 19.3 Å². The fraction of sp³-hybridized carbons (Fsp3) is 0.286. The third kappa shape index (κ3) is 4.05. The number of fused-ring (bicyclic) bond motifs is 2. The Morgan fingerprint density at radius 2 is 1.80 bits per heavy atom. The van der Waals surface area contributed by atoms with Crippen LogP contribution in [-0.2, 0) is 0 Å². The van der Waals surface area contributed by atoms with Crippen LogP contribution in [0.5, 0.6) is 0 Å². The van der Waals surface area contributed by atoms with Crippen molar-refractivity contribution in [2.75, 3.05) is 19.6 Å². The molecule has 1 aliphatic carbocycles. The molecular weight excluding hydrogens is 495 g/mol. The molecule has 35 heavy (non-hydrogen) atoms. The SMILES string of the molecule is c1ccc(-c2ccc3ccc(-c4n[nH]c5ncnc([AsH]C6CC(CN7CCC7)C6)c45)cc3n2)cc1. The van der Waals surface area contributed by atoms with E-state index in [0.717, 1.165) is 55.1 Å². The first kappa shape index (κ1) is 21.2. The zero-order valence-corrected chi connectivity index (χ0v) is 21.6. The summed E-state index contributed by atoms with van der Waals surface area (Å²) in [5.74, 6) is 0.885. The number of benzene rings is 2. The molecule has 1 saturated heterocycles. The van der Waals surface area contributed by atoms with Crippen molar-refractivity contribution in [1.29, 1.82) is 0 Å². The molecule has 0 radical (unpaired) electrons. The summed E-state index contributed by atoms with van der Waals surface area (Å²) in [7, 11) is 0. The number of nitrogens with one attached hydrogen (secondary N) is 1. The van der Waals surface area contributed by atoms with Gasteiger partial charge in [0.15, 0.2) is 0 Å². The van der Waals surface area contributed by atoms with Gasteiger partial charge in [0.25, 0.3) is 0 Å². The molecule has 1 aliphatic heterocycles. The molecule has 0 bridgehead atoms. The second-order valence-electron chi connectivity index (χ2n) is 9.82. The Labute approximate surface area is 210 Å². The number of hydrogen-bond donors (Lipinski definition) is 1. The molecule has 7 rings (SSSR count). The molecule has 7 heteroatoms. The maximum atomic E-state index is 4.97. The predicted octanol–water partition coefficient (Wildman–Crippen LogP) is 4.20. The van der Waals surface area contributed by atoms with Crippen molar-refractivity contribution in [3.05, 3.63) is 67.0 Å². The van der Waals surface area contributed by atoms with Gasteiger partial charge in [-0.1, -0.05) is 0 Å². The van der Waals surface area contributed by atoms with Crippen LogP contribution in [-0.4, -0.2) is 65.4 Å². The topological polar surface area (TPSA) is 70.6 Å². The monoisotopic (exact) mass is 522 g/mol. The van der Waals surface area contributed by atoms with Gasteiger partial charge in [-0.3, -0.25) is 0 Å². The van der Waals surface area contributed by atoms with E-state index in [1.165, 1.54) is 43.4 Å². The Balaban J connectivity index is 1.19. The Bertz CT molecular complexity index is 1500. The van der Waals surface area contributed by atoms with E-state index in [1.807, 2.05) is 18.2 Å². The molecule has 4 heterocycles. The summed E-state index contributed by atoms with van der Waals surface area (Å²) in [4.78, 5) is 16.8. The zero-order chi connectivity index (χ0) is 23.2. The number of H-pyrrole nitrogens is 1. The van der Waals surface area contributed by atoms with Crippen LogP contribution in [0.2, 0.25) is 4.71 Å². The van der Waals surface area contributed by atoms with Crippen LogP contribution in [0.4, 0.5) is 0 Å². The zero-order valence-electron chi connectivity index (χ0n) is 19.5. The van der Waals surface area contributed by atoms with Crippen LogP contribution >= 0.6 is 0 Å². The van der Waals surface area contributed by atoms with Crippen LogP contribution in [0, 0.1) is 5.92 Å². The molecule has 174 valence electrons. The Kier molecular flexibility index (Phi) is 5.37. The molecule has 5 aromatic rings. The molecule has 0 amide bonds. The van der Waals surface area contributed by atoms with Gasteiger partial charge in [0.1, 0.15) is 0 Å². The van der Waals surface area contributed by atoms with Crippen molar-refractivity contribution in [3.63, 3.8) is 0 Å². The van der Waals surface area contributed by atoms with Gasteiger partial charge < -0.3 is 0 Å². The van der Waals surface area contributed by atoms with Crippen LogP contribution < -0.4 is 4.48 Å². The first-order valence-electron chi connectivity index (χ1n) is 12.4. The molecule has 2 aliphatic rings. The quantitative estimate of drug-likeness (QED) is 0.339. The van der Waals surface area contributed by atoms with E-state index >= 15 is 0 Å². The van der Waals surface area contributed by atoms with Gasteiger partial charge in [-0.15, -0.1) is 0 Å². The standard InChI is InChI=1S/C28H27AsN6/c1-2-5-19(6-3-1)23-10-9-20-7-8-21(15-24(20)32-23)26-25-27(30-17-31-28(25)34-33-26)29-22-13-18(14-22)16-35-11-4-12-35/h1-3,5-10,15,17-18,22,29H,4,11-14,16H2,(H,30,31,33,34). The summed E-state index contributed by atoms with van der Waals surface area (Å²) in [5.41, 5.74) is 5.94. The van der Waals surface area contributed by atoms with Crippen LogP contribution in [0.3, 0.4) is 0 Å². The van der Waals surface area contributed by atoms with Gasteiger partial charge in [-0.05, 0) is 0 Å². The fourth-order valence-electron chi connectivity index (χ4n) is 5.34. The number of hydrogen-bond acceptors (Lipinski definition) is 5. The summed E-state index contributed by atoms with van der Waals surface area (Å²) in [6.45, 7) is 3.90. The van der Waals surface area contributed by atoms with E-state index in [2.05, 4.69) is 57.4 Å². The van der Waals surface area contributed by atoms with Crippen LogP contribution in [0.15, 0.2) is 67.0 Å². The Morgan fingerprint density at radius 1 is 0.943 bits per heavy atom. The van der Waals surface area contributed by atoms with Gasteiger partial charge in [0.05, 0.1) is 0 Å². The molecule has 1 saturated carbocycles. The second kappa shape index (κ2) is 8.85. The molecule has 1 N–H and O–H groups in total. The van der Waals surface area contributed by atoms with E-state index in [0.29, 0.717) is 0 Å². The van der Waals surface area contributed by atoms with E-state index < -0.39 is 0 Å². The van der Waals surface area contributed by atoms with Crippen LogP contribution in [0.25, 0.3) is 44.5 Å². The van der Waals surface area contributed by atoms with Gasteiger partial charge in [0, 0.05) is 0 Å². The number of aromatic nitrogens is 5. The molecular formula is C28H27AsN6. The first-order chi connectivity index (χ1) is 17.3. The van der Waals surface area contributed by atoms with Gasteiger partial charge in [-0.25, -0.2) is 0 Å². The summed E-state index contributed by atoms with van der Waals surface area (Å²) in [6.07, 6.45) is 5.80. The number of pyridine rings is 1. The van der Waals surface area contributed by atoms with E-state index in [9.17, 15) is 0 Å². The Hall–Kier alpha value is -3.08. The number of nitrogens with zero attached hydrogens (tertiary/aromatic N) is 5. The Morgan fingerprint density at radius 3 is 2.63 bits per heavy atom. The van der Waals surface area contributed by atoms with Gasteiger partial charge >= 0.3 is 211 Å². The normalized spacial score (nSPS) is 20.5. The minimum absolute atomic E-state index is 0.352. The van der Waals surface area contributed by atoms with Gasteiger partial charge in [-0.2, -0.15) is 0 Å². The molecule has 1 unspecified atom stereocenters. The molecule has 2 fully saturated rings. The molecule has 1 atom stereocenters. The number of aromatic amines is 1. The summed E-state index contributed by atoms with van der Waals surface area (Å²) < 4.78 is 2.06. The van der Waals surface area contributed by atoms with Gasteiger partial charge in [0.2, 0.25) is 0 Å². The van der Waals surface area contributed by atoms with E-state index in [4.69, 9.17) is 15.1 Å². The molecule has 3 aromatic heterocycles. The average molecular weight is 522 g/mol. The average Bonchev–Trinajstić information content (AvgIpc) is 3.29. The van der Waals surface area contributed by atoms with Crippen molar-refractivity contribution in [2.45, 2.75) is 24.0 Å². The third-order valence-electron chi connectivity index (χ3n) is 7.43. The third-order valence-corrected chi connectivity index (χ3v) is 10.6. The first-order valence-corrected chi connectivity index (χ1v) is 14.7. The van der Waals surface area contributed by atoms with E-state index in [1.54, 1.807) is 6.33 Å². The molecule has 0 spiro atoms. The fourth-order valence-corrected chi connectivity index (χ4v) is 9.12. The molecule has 2 aromatic carbocycles. The van der Waals surface area contributed by atoms with Crippen molar-refractivity contribution in [3.8, 4) is 22.5 Å². The minimum atomic E-state index is -0.352. The predicted molar refractivity (Wildman–Crippen MR) is 142 cm³/mol. The number of likely N-dealkylation sites (tertiary alicyclic amines) is 1. The van der Waals surface area contributed by atoms with Crippen molar-refractivity contribution in [1.82, 2.24) is 30.0 Å². The van der Waals surface area contributed by atoms with E-state index in [-0.39, 0.29) is 15.8 Å². The summed E-state index contributed by atoms with van der Waals surface area (Å²) in [6, 6.07) is 21.0.